The monoisotopic (exact) mass is 553 g/mol. The number of carboxylic acid groups (broad SMARTS) is 1. The number of phosphoric acid groups is 1. The maximum absolute atomic E-state index is 12.3. The molecule has 4 N–H and O–H groups in total. The molecule has 37 heavy (non-hydrogen) atoms. The van der Waals surface area contributed by atoms with Crippen LogP contribution in [0.15, 0.2) is 0 Å². The highest BCUT2D eigenvalue weighted by Crippen LogP contribution is 2.43. The normalized spacial score (nSPS) is 14.5. The van der Waals surface area contributed by atoms with E-state index in [9.17, 15) is 23.8 Å². The minimum absolute atomic E-state index is 0.165. The van der Waals surface area contributed by atoms with Crippen molar-refractivity contribution in [3.8, 4) is 0 Å². The highest BCUT2D eigenvalue weighted by molar-refractivity contribution is 7.47. The maximum Gasteiger partial charge on any atom is 0.472 e. The Morgan fingerprint density at radius 1 is 0.730 bits per heavy atom. The molecule has 0 heterocycles. The lowest BCUT2D eigenvalue weighted by Gasteiger charge is -2.20. The number of ether oxygens (including phenoxy) is 2. The first kappa shape index (κ1) is 35.5. The topological polar surface area (TPSA) is 172 Å². The zero-order valence-corrected chi connectivity index (χ0v) is 23.5. The Morgan fingerprint density at radius 2 is 1.19 bits per heavy atom. The summed E-state index contributed by atoms with van der Waals surface area (Å²) in [6, 6.07) is -1.51. The SMILES string of the molecule is CCCCCCCCCCCC(=O)O[C@H](COC(=O)CCCCCC)COP(=O)(O)OC[C@H](N)C(=O)O. The number of carbonyl (C=O) groups excluding carboxylic acids is 2. The van der Waals surface area contributed by atoms with Crippen molar-refractivity contribution in [3.05, 3.63) is 0 Å². The van der Waals surface area contributed by atoms with Crippen LogP contribution < -0.4 is 5.73 Å². The summed E-state index contributed by atoms with van der Waals surface area (Å²) in [5.74, 6) is -2.40. The van der Waals surface area contributed by atoms with Crippen LogP contribution in [0.1, 0.15) is 110 Å². The van der Waals surface area contributed by atoms with Gasteiger partial charge in [0.15, 0.2) is 6.10 Å². The Morgan fingerprint density at radius 3 is 1.73 bits per heavy atom. The number of aliphatic carboxylic acids is 1. The number of nitrogens with two attached hydrogens (primary N) is 1. The maximum atomic E-state index is 12.3. The van der Waals surface area contributed by atoms with Crippen molar-refractivity contribution in [2.75, 3.05) is 19.8 Å². The molecule has 0 bridgehead atoms. The quantitative estimate of drug-likeness (QED) is 0.0799. The molecule has 11 nitrogen and oxygen atoms in total. The Balaban J connectivity index is 4.57. The van der Waals surface area contributed by atoms with Gasteiger partial charge >= 0.3 is 25.7 Å². The van der Waals surface area contributed by atoms with Gasteiger partial charge in [-0.05, 0) is 12.8 Å². The molecule has 0 saturated heterocycles. The van der Waals surface area contributed by atoms with E-state index in [-0.39, 0.29) is 19.4 Å². The van der Waals surface area contributed by atoms with Gasteiger partial charge in [0.05, 0.1) is 13.2 Å². The Bertz CT molecular complexity index is 676. The molecular weight excluding hydrogens is 505 g/mol. The predicted octanol–water partition coefficient (Wildman–Crippen LogP) is 4.88. The number of carboxylic acids is 1. The molecule has 0 saturated carbocycles. The number of hydrogen-bond donors (Lipinski definition) is 3. The lowest BCUT2D eigenvalue weighted by Crippen LogP contribution is -2.34. The summed E-state index contributed by atoms with van der Waals surface area (Å²) in [6.45, 7) is 2.57. The van der Waals surface area contributed by atoms with Crippen LogP contribution in [0.3, 0.4) is 0 Å². The first-order chi connectivity index (χ1) is 17.6. The van der Waals surface area contributed by atoms with Gasteiger partial charge in [-0.25, -0.2) is 4.57 Å². The van der Waals surface area contributed by atoms with Gasteiger partial charge in [-0.2, -0.15) is 0 Å². The lowest BCUT2D eigenvalue weighted by molar-refractivity contribution is -0.161. The summed E-state index contributed by atoms with van der Waals surface area (Å²) >= 11 is 0. The van der Waals surface area contributed by atoms with Crippen LogP contribution in [-0.4, -0.2) is 59.9 Å². The molecule has 0 radical (unpaired) electrons. The molecule has 0 amide bonds. The second-order valence-electron chi connectivity index (χ2n) is 9.19. The van der Waals surface area contributed by atoms with Crippen molar-refractivity contribution in [2.24, 2.45) is 5.73 Å². The van der Waals surface area contributed by atoms with E-state index in [2.05, 4.69) is 18.4 Å². The minimum atomic E-state index is -4.68. The first-order valence-electron chi connectivity index (χ1n) is 13.6. The fourth-order valence-electron chi connectivity index (χ4n) is 3.36. The summed E-state index contributed by atoms with van der Waals surface area (Å²) in [5, 5.41) is 8.75. The van der Waals surface area contributed by atoms with Gasteiger partial charge in [0.1, 0.15) is 12.6 Å². The lowest BCUT2D eigenvalue weighted by atomic mass is 10.1. The third kappa shape index (κ3) is 22.2. The van der Waals surface area contributed by atoms with E-state index in [4.69, 9.17) is 24.8 Å². The standard InChI is InChI=1S/C25H48NO10P/c1-3-5-7-9-10-11-12-13-15-17-24(28)36-21(18-33-23(27)16-14-8-6-4-2)19-34-37(31,32)35-20-22(26)25(29)30/h21-22H,3-20,26H2,1-2H3,(H,29,30)(H,31,32)/t21-,22+/m1/s1. The third-order valence-corrected chi connectivity index (χ3v) is 6.56. The molecule has 218 valence electrons. The van der Waals surface area contributed by atoms with Crippen LogP contribution in [0.4, 0.5) is 0 Å². The molecule has 0 aromatic rings. The molecule has 3 atom stereocenters. The molecule has 0 aliphatic rings. The fourth-order valence-corrected chi connectivity index (χ4v) is 4.13. The molecule has 0 aromatic heterocycles. The van der Waals surface area contributed by atoms with E-state index >= 15 is 0 Å². The first-order valence-corrected chi connectivity index (χ1v) is 15.1. The summed E-state index contributed by atoms with van der Waals surface area (Å²) in [5.41, 5.74) is 5.25. The van der Waals surface area contributed by atoms with Gasteiger partial charge in [-0.15, -0.1) is 0 Å². The van der Waals surface area contributed by atoms with Gasteiger partial charge in [-0.3, -0.25) is 23.4 Å². The Hall–Kier alpha value is -1.52. The highest BCUT2D eigenvalue weighted by atomic mass is 31.2. The van der Waals surface area contributed by atoms with Crippen molar-refractivity contribution >= 4 is 25.7 Å². The van der Waals surface area contributed by atoms with Crippen LogP contribution in [0.2, 0.25) is 0 Å². The zero-order valence-electron chi connectivity index (χ0n) is 22.6. The van der Waals surface area contributed by atoms with Crippen LogP contribution in [0, 0.1) is 0 Å². The summed E-state index contributed by atoms with van der Waals surface area (Å²) in [4.78, 5) is 44.8. The summed E-state index contributed by atoms with van der Waals surface area (Å²) < 4.78 is 32.0. The van der Waals surface area contributed by atoms with Gasteiger partial charge in [-0.1, -0.05) is 84.5 Å². The summed E-state index contributed by atoms with van der Waals surface area (Å²) in [7, 11) is -4.68. The second kappa shape index (κ2) is 22.5. The number of hydrogen-bond acceptors (Lipinski definition) is 9. The number of rotatable bonds is 25. The minimum Gasteiger partial charge on any atom is -0.480 e. The van der Waals surface area contributed by atoms with E-state index < -0.39 is 51.1 Å². The molecular formula is C25H48NO10P. The number of carbonyl (C=O) groups is 3. The van der Waals surface area contributed by atoms with E-state index in [1.807, 2.05) is 0 Å². The van der Waals surface area contributed by atoms with Crippen molar-refractivity contribution < 1.29 is 47.5 Å². The van der Waals surface area contributed by atoms with Crippen molar-refractivity contribution in [1.29, 1.82) is 0 Å². The average molecular weight is 554 g/mol. The molecule has 0 aliphatic carbocycles. The number of phosphoric ester groups is 1. The van der Waals surface area contributed by atoms with Gasteiger partial charge < -0.3 is 25.2 Å². The van der Waals surface area contributed by atoms with Crippen LogP contribution in [0.25, 0.3) is 0 Å². The van der Waals surface area contributed by atoms with Gasteiger partial charge in [0, 0.05) is 12.8 Å². The predicted molar refractivity (Wildman–Crippen MR) is 139 cm³/mol. The van der Waals surface area contributed by atoms with E-state index in [1.165, 1.54) is 32.1 Å². The number of esters is 2. The second-order valence-corrected chi connectivity index (χ2v) is 10.6. The Kier molecular flexibility index (Phi) is 21.5. The zero-order chi connectivity index (χ0) is 27.9. The molecule has 1 unspecified atom stereocenters. The van der Waals surface area contributed by atoms with Crippen LogP contribution in [0.5, 0.6) is 0 Å². The molecule has 12 heteroatoms. The van der Waals surface area contributed by atoms with Crippen LogP contribution in [-0.2, 0) is 37.5 Å². The van der Waals surface area contributed by atoms with Gasteiger partial charge in [0.2, 0.25) is 0 Å². The van der Waals surface area contributed by atoms with Crippen molar-refractivity contribution in [2.45, 2.75) is 122 Å². The molecule has 0 rings (SSSR count). The Labute approximate surface area is 221 Å². The fraction of sp³-hybridized carbons (Fsp3) is 0.880. The van der Waals surface area contributed by atoms with Crippen molar-refractivity contribution in [3.63, 3.8) is 0 Å². The van der Waals surface area contributed by atoms with E-state index in [0.29, 0.717) is 12.8 Å². The number of unbranched alkanes of at least 4 members (excludes halogenated alkanes) is 11. The highest BCUT2D eigenvalue weighted by Gasteiger charge is 2.28. The molecule has 0 aromatic carbocycles. The largest absolute Gasteiger partial charge is 0.480 e. The third-order valence-electron chi connectivity index (χ3n) is 5.61. The van der Waals surface area contributed by atoms with E-state index in [0.717, 1.165) is 38.5 Å². The van der Waals surface area contributed by atoms with Crippen molar-refractivity contribution in [1.82, 2.24) is 0 Å². The van der Waals surface area contributed by atoms with Crippen LogP contribution >= 0.6 is 7.82 Å². The average Bonchev–Trinajstić information content (AvgIpc) is 2.85. The van der Waals surface area contributed by atoms with Gasteiger partial charge in [0.25, 0.3) is 0 Å². The molecule has 0 spiro atoms. The summed E-state index contributed by atoms with van der Waals surface area (Å²) in [6.07, 6.45) is 12.7. The molecule has 0 aliphatic heterocycles. The molecule has 0 fully saturated rings. The smallest absolute Gasteiger partial charge is 0.472 e. The van der Waals surface area contributed by atoms with E-state index in [1.54, 1.807) is 0 Å².